The van der Waals surface area contributed by atoms with Crippen LogP contribution in [0.5, 0.6) is 5.75 Å². The van der Waals surface area contributed by atoms with Gasteiger partial charge in [-0.3, -0.25) is 0 Å². The molecule has 28 heavy (non-hydrogen) atoms. The fraction of sp³-hybridized carbons (Fsp3) is 0.0417. The molecule has 0 amide bonds. The van der Waals surface area contributed by atoms with Gasteiger partial charge in [-0.2, -0.15) is 0 Å². The van der Waals surface area contributed by atoms with Crippen molar-refractivity contribution >= 4 is 22.6 Å². The van der Waals surface area contributed by atoms with Gasteiger partial charge in [0.2, 0.25) is 0 Å². The Morgan fingerprint density at radius 3 is 2.36 bits per heavy atom. The number of nitrogens with zero attached hydrogens (tertiary/aromatic N) is 1. The van der Waals surface area contributed by atoms with Gasteiger partial charge in [-0.15, -0.1) is 0 Å². The van der Waals surface area contributed by atoms with Crippen LogP contribution in [0, 0.1) is 0 Å². The summed E-state index contributed by atoms with van der Waals surface area (Å²) in [4.78, 5) is 11.4. The SMILES string of the molecule is O=C(O)/C=C(\c1ccccc1)n1ccc2cc(OCc3ccccc3)ccc21. The van der Waals surface area contributed by atoms with Gasteiger partial charge in [0.25, 0.3) is 0 Å². The summed E-state index contributed by atoms with van der Waals surface area (Å²) in [5.74, 6) is -0.207. The summed E-state index contributed by atoms with van der Waals surface area (Å²) in [6.07, 6.45) is 3.11. The predicted molar refractivity (Wildman–Crippen MR) is 110 cm³/mol. The maximum absolute atomic E-state index is 11.4. The summed E-state index contributed by atoms with van der Waals surface area (Å²) < 4.78 is 7.79. The van der Waals surface area contributed by atoms with Crippen molar-refractivity contribution in [3.63, 3.8) is 0 Å². The first-order valence-electron chi connectivity index (χ1n) is 8.99. The number of fused-ring (bicyclic) bond motifs is 1. The molecule has 0 fully saturated rings. The van der Waals surface area contributed by atoms with Crippen LogP contribution in [0.1, 0.15) is 11.1 Å². The van der Waals surface area contributed by atoms with Crippen molar-refractivity contribution in [2.75, 3.05) is 0 Å². The highest BCUT2D eigenvalue weighted by molar-refractivity contribution is 5.94. The largest absolute Gasteiger partial charge is 0.489 e. The average Bonchev–Trinajstić information content (AvgIpc) is 3.15. The lowest BCUT2D eigenvalue weighted by Gasteiger charge is -2.11. The van der Waals surface area contributed by atoms with Gasteiger partial charge in [-0.25, -0.2) is 4.79 Å². The molecular weight excluding hydrogens is 350 g/mol. The Bertz CT molecular complexity index is 1130. The van der Waals surface area contributed by atoms with Gasteiger partial charge < -0.3 is 14.4 Å². The molecular formula is C24H19NO3. The van der Waals surface area contributed by atoms with Crippen LogP contribution in [0.15, 0.2) is 97.2 Å². The van der Waals surface area contributed by atoms with Crippen LogP contribution in [-0.2, 0) is 11.4 Å². The first-order chi connectivity index (χ1) is 13.7. The van der Waals surface area contributed by atoms with Crippen molar-refractivity contribution < 1.29 is 14.6 Å². The maximum atomic E-state index is 11.4. The molecule has 0 spiro atoms. The van der Waals surface area contributed by atoms with E-state index in [0.717, 1.165) is 27.8 Å². The molecule has 138 valence electrons. The third-order valence-electron chi connectivity index (χ3n) is 4.50. The third-order valence-corrected chi connectivity index (χ3v) is 4.50. The Morgan fingerprint density at radius 2 is 1.64 bits per heavy atom. The van der Waals surface area contributed by atoms with Crippen LogP contribution in [0.3, 0.4) is 0 Å². The molecule has 0 atom stereocenters. The molecule has 4 nitrogen and oxygen atoms in total. The summed E-state index contributed by atoms with van der Waals surface area (Å²) in [7, 11) is 0. The van der Waals surface area contributed by atoms with Crippen molar-refractivity contribution in [1.82, 2.24) is 4.57 Å². The Morgan fingerprint density at radius 1 is 0.929 bits per heavy atom. The van der Waals surface area contributed by atoms with Crippen molar-refractivity contribution in [3.8, 4) is 5.75 Å². The van der Waals surface area contributed by atoms with E-state index >= 15 is 0 Å². The molecule has 0 aliphatic carbocycles. The lowest BCUT2D eigenvalue weighted by atomic mass is 10.1. The standard InChI is InChI=1S/C24H19NO3/c26-24(27)16-23(19-9-5-2-6-10-19)25-14-13-20-15-21(11-12-22(20)25)28-17-18-7-3-1-4-8-18/h1-16H,17H2,(H,26,27)/b23-16+. The number of hydrogen-bond acceptors (Lipinski definition) is 2. The zero-order valence-electron chi connectivity index (χ0n) is 15.2. The molecule has 3 aromatic carbocycles. The first kappa shape index (κ1) is 17.6. The predicted octanol–water partition coefficient (Wildman–Crippen LogP) is 5.19. The van der Waals surface area contributed by atoms with Gasteiger partial charge in [0, 0.05) is 17.7 Å². The van der Waals surface area contributed by atoms with Gasteiger partial charge in [-0.05, 0) is 35.4 Å². The number of ether oxygens (including phenoxy) is 1. The number of benzene rings is 3. The average molecular weight is 369 g/mol. The first-order valence-corrected chi connectivity index (χ1v) is 8.99. The number of aliphatic carboxylic acids is 1. The molecule has 4 rings (SSSR count). The van der Waals surface area contributed by atoms with Crippen molar-refractivity contribution in [1.29, 1.82) is 0 Å². The second kappa shape index (κ2) is 7.84. The van der Waals surface area contributed by atoms with Crippen molar-refractivity contribution in [2.24, 2.45) is 0 Å². The summed E-state index contributed by atoms with van der Waals surface area (Å²) in [5, 5.41) is 10.3. The van der Waals surface area contributed by atoms with E-state index in [4.69, 9.17) is 4.74 Å². The van der Waals surface area contributed by atoms with Crippen LogP contribution >= 0.6 is 0 Å². The molecule has 0 aliphatic rings. The highest BCUT2D eigenvalue weighted by Crippen LogP contribution is 2.27. The Balaban J connectivity index is 1.66. The molecule has 0 saturated heterocycles. The molecule has 4 aromatic rings. The smallest absolute Gasteiger partial charge is 0.330 e. The molecule has 0 radical (unpaired) electrons. The van der Waals surface area contributed by atoms with Crippen molar-refractivity contribution in [3.05, 3.63) is 108 Å². The highest BCUT2D eigenvalue weighted by Gasteiger charge is 2.11. The van der Waals surface area contributed by atoms with E-state index in [2.05, 4.69) is 0 Å². The topological polar surface area (TPSA) is 51.5 Å². The van der Waals surface area contributed by atoms with Gasteiger partial charge >= 0.3 is 5.97 Å². The quantitative estimate of drug-likeness (QED) is 0.476. The minimum atomic E-state index is -0.983. The molecule has 4 heteroatoms. The second-order valence-electron chi connectivity index (χ2n) is 6.41. The zero-order valence-corrected chi connectivity index (χ0v) is 15.2. The van der Waals surface area contributed by atoms with E-state index in [9.17, 15) is 9.90 Å². The third kappa shape index (κ3) is 3.81. The number of carboxylic acids is 1. The molecule has 1 N–H and O–H groups in total. The Hall–Kier alpha value is -3.79. The minimum absolute atomic E-state index is 0.501. The molecule has 0 aliphatic heterocycles. The summed E-state index contributed by atoms with van der Waals surface area (Å²) in [6, 6.07) is 27.3. The normalized spacial score (nSPS) is 11.5. The molecule has 1 heterocycles. The minimum Gasteiger partial charge on any atom is -0.489 e. The van der Waals surface area contributed by atoms with E-state index < -0.39 is 5.97 Å². The summed E-state index contributed by atoms with van der Waals surface area (Å²) in [5.41, 5.74) is 3.48. The van der Waals surface area contributed by atoms with Gasteiger partial charge in [0.1, 0.15) is 12.4 Å². The van der Waals surface area contributed by atoms with E-state index in [-0.39, 0.29) is 0 Å². The number of aromatic nitrogens is 1. The van der Waals surface area contributed by atoms with E-state index in [0.29, 0.717) is 12.3 Å². The second-order valence-corrected chi connectivity index (χ2v) is 6.41. The van der Waals surface area contributed by atoms with Gasteiger partial charge in [0.05, 0.1) is 11.2 Å². The number of carbonyl (C=O) groups is 1. The van der Waals surface area contributed by atoms with Crippen LogP contribution in [-0.4, -0.2) is 15.6 Å². The Labute approximate surface area is 162 Å². The van der Waals surface area contributed by atoms with Crippen LogP contribution in [0.25, 0.3) is 16.6 Å². The van der Waals surface area contributed by atoms with Gasteiger partial charge in [0.15, 0.2) is 0 Å². The number of rotatable bonds is 6. The lowest BCUT2D eigenvalue weighted by Crippen LogP contribution is -2.01. The molecule has 0 saturated carbocycles. The van der Waals surface area contributed by atoms with Crippen LogP contribution in [0.2, 0.25) is 0 Å². The summed E-state index contributed by atoms with van der Waals surface area (Å²) >= 11 is 0. The lowest BCUT2D eigenvalue weighted by molar-refractivity contribution is -0.131. The zero-order chi connectivity index (χ0) is 19.3. The monoisotopic (exact) mass is 369 g/mol. The highest BCUT2D eigenvalue weighted by atomic mass is 16.5. The van der Waals surface area contributed by atoms with E-state index in [1.165, 1.54) is 6.08 Å². The summed E-state index contributed by atoms with van der Waals surface area (Å²) in [6.45, 7) is 0.501. The van der Waals surface area contributed by atoms with Crippen LogP contribution < -0.4 is 4.74 Å². The molecule has 0 unspecified atom stereocenters. The van der Waals surface area contributed by atoms with E-state index in [1.54, 1.807) is 0 Å². The Kier molecular flexibility index (Phi) is 4.93. The fourth-order valence-electron chi connectivity index (χ4n) is 3.18. The fourth-order valence-corrected chi connectivity index (χ4v) is 3.18. The number of hydrogen-bond donors (Lipinski definition) is 1. The van der Waals surface area contributed by atoms with Crippen LogP contribution in [0.4, 0.5) is 0 Å². The van der Waals surface area contributed by atoms with Gasteiger partial charge in [-0.1, -0.05) is 60.7 Å². The molecule has 1 aromatic heterocycles. The maximum Gasteiger partial charge on any atom is 0.330 e. The molecule has 0 bridgehead atoms. The van der Waals surface area contributed by atoms with E-state index in [1.807, 2.05) is 95.7 Å². The number of carboxylic acid groups (broad SMARTS) is 1. The van der Waals surface area contributed by atoms with Crippen molar-refractivity contribution in [2.45, 2.75) is 6.61 Å².